The molecule has 1 saturated heterocycles. The fourth-order valence-electron chi connectivity index (χ4n) is 3.96. The van der Waals surface area contributed by atoms with Crippen molar-refractivity contribution >= 4 is 16.8 Å². The summed E-state index contributed by atoms with van der Waals surface area (Å²) in [4.78, 5) is 30.3. The molecule has 2 heterocycles. The number of likely N-dealkylation sites (tertiary alicyclic amines) is 1. The molecule has 1 aliphatic rings. The number of nitrogens with two attached hydrogens (primary N) is 1. The second-order valence-electron chi connectivity index (χ2n) is 7.18. The highest BCUT2D eigenvalue weighted by atomic mass is 16.2. The van der Waals surface area contributed by atoms with Crippen LogP contribution in [0.1, 0.15) is 26.1 Å². The SMILES string of the molecule is C[C@@H]1C[C@H](C)C[NH+](Cc2nc3ccccc3c(=O)n2CC(N)=O)C1. The lowest BCUT2D eigenvalue weighted by molar-refractivity contribution is -0.926. The predicted molar refractivity (Wildman–Crippen MR) is 92.5 cm³/mol. The van der Waals surface area contributed by atoms with Gasteiger partial charge in [-0.1, -0.05) is 26.0 Å². The first-order valence-electron chi connectivity index (χ1n) is 8.54. The zero-order valence-electron chi connectivity index (χ0n) is 14.3. The van der Waals surface area contributed by atoms with Gasteiger partial charge in [0.1, 0.15) is 13.1 Å². The van der Waals surface area contributed by atoms with Crippen LogP contribution in [0.15, 0.2) is 29.1 Å². The number of rotatable bonds is 4. The monoisotopic (exact) mass is 329 g/mol. The standard InChI is InChI=1S/C18H24N4O2/c1-12-7-13(2)9-21(8-12)11-17-20-15-6-4-3-5-14(15)18(24)22(17)10-16(19)23/h3-6,12-13H,7-11H2,1-2H3,(H2,19,23)/p+1/t12-,13+. The van der Waals surface area contributed by atoms with Gasteiger partial charge in [0.15, 0.2) is 5.82 Å². The summed E-state index contributed by atoms with van der Waals surface area (Å²) in [6.07, 6.45) is 1.24. The maximum absolute atomic E-state index is 12.8. The summed E-state index contributed by atoms with van der Waals surface area (Å²) in [5.74, 6) is 1.43. The van der Waals surface area contributed by atoms with E-state index in [0.717, 1.165) is 13.1 Å². The van der Waals surface area contributed by atoms with Gasteiger partial charge in [0.2, 0.25) is 5.91 Å². The minimum absolute atomic E-state index is 0.121. The molecule has 0 radical (unpaired) electrons. The molecule has 0 bridgehead atoms. The Bertz CT molecular complexity index is 804. The normalized spacial score (nSPS) is 24.2. The summed E-state index contributed by atoms with van der Waals surface area (Å²) in [5.41, 5.74) is 5.84. The van der Waals surface area contributed by atoms with Crippen LogP contribution in [-0.2, 0) is 17.9 Å². The van der Waals surface area contributed by atoms with E-state index in [1.807, 2.05) is 12.1 Å². The molecule has 1 amide bonds. The first kappa shape index (κ1) is 16.6. The van der Waals surface area contributed by atoms with Gasteiger partial charge in [-0.2, -0.15) is 0 Å². The summed E-state index contributed by atoms with van der Waals surface area (Å²) in [7, 11) is 0. The number of primary amides is 1. The highest BCUT2D eigenvalue weighted by Gasteiger charge is 2.27. The average molecular weight is 329 g/mol. The summed E-state index contributed by atoms with van der Waals surface area (Å²) in [5, 5.41) is 0.526. The van der Waals surface area contributed by atoms with Crippen LogP contribution in [0.3, 0.4) is 0 Å². The summed E-state index contributed by atoms with van der Waals surface area (Å²) in [6.45, 7) is 7.17. The molecule has 0 spiro atoms. The molecule has 1 fully saturated rings. The smallest absolute Gasteiger partial charge is 0.262 e. The van der Waals surface area contributed by atoms with Crippen LogP contribution in [0.25, 0.3) is 10.9 Å². The highest BCUT2D eigenvalue weighted by Crippen LogP contribution is 2.13. The molecular formula is C18H25N4O2+. The number of hydrogen-bond acceptors (Lipinski definition) is 3. The molecule has 3 rings (SSSR count). The second kappa shape index (κ2) is 6.73. The van der Waals surface area contributed by atoms with Crippen molar-refractivity contribution in [3.63, 3.8) is 0 Å². The Hall–Kier alpha value is -2.21. The molecular weight excluding hydrogens is 304 g/mol. The number of amides is 1. The van der Waals surface area contributed by atoms with Crippen molar-refractivity contribution in [2.24, 2.45) is 17.6 Å². The van der Waals surface area contributed by atoms with Gasteiger partial charge in [0.05, 0.1) is 24.0 Å². The molecule has 6 heteroatoms. The first-order chi connectivity index (χ1) is 11.4. The van der Waals surface area contributed by atoms with Gasteiger partial charge in [0.25, 0.3) is 5.56 Å². The average Bonchev–Trinajstić information content (AvgIpc) is 2.50. The minimum atomic E-state index is -0.522. The van der Waals surface area contributed by atoms with Crippen molar-refractivity contribution < 1.29 is 9.69 Å². The number of para-hydroxylation sites is 1. The molecule has 1 aromatic carbocycles. The highest BCUT2D eigenvalue weighted by molar-refractivity contribution is 5.78. The number of quaternary nitrogens is 1. The largest absolute Gasteiger partial charge is 0.368 e. The topological polar surface area (TPSA) is 82.4 Å². The predicted octanol–water partition coefficient (Wildman–Crippen LogP) is -0.0574. The third kappa shape index (κ3) is 3.48. The van der Waals surface area contributed by atoms with E-state index in [1.165, 1.54) is 15.9 Å². The Kier molecular flexibility index (Phi) is 4.66. The number of benzene rings is 1. The van der Waals surface area contributed by atoms with E-state index >= 15 is 0 Å². The molecule has 1 aromatic heterocycles. The molecule has 0 saturated carbocycles. The second-order valence-corrected chi connectivity index (χ2v) is 7.18. The van der Waals surface area contributed by atoms with E-state index in [4.69, 9.17) is 5.73 Å². The van der Waals surface area contributed by atoms with Gasteiger partial charge < -0.3 is 10.6 Å². The van der Waals surface area contributed by atoms with E-state index in [2.05, 4.69) is 18.8 Å². The van der Waals surface area contributed by atoms with Crippen molar-refractivity contribution in [3.05, 3.63) is 40.4 Å². The number of nitrogens with zero attached hydrogens (tertiary/aromatic N) is 2. The summed E-state index contributed by atoms with van der Waals surface area (Å²) < 4.78 is 1.45. The van der Waals surface area contributed by atoms with Gasteiger partial charge in [0, 0.05) is 11.8 Å². The van der Waals surface area contributed by atoms with Crippen LogP contribution in [0, 0.1) is 11.8 Å². The number of hydrogen-bond donors (Lipinski definition) is 2. The van der Waals surface area contributed by atoms with Crippen LogP contribution in [0.2, 0.25) is 0 Å². The molecule has 2 aromatic rings. The zero-order valence-corrected chi connectivity index (χ0v) is 14.3. The number of aromatic nitrogens is 2. The van der Waals surface area contributed by atoms with Crippen molar-refractivity contribution in [1.82, 2.24) is 9.55 Å². The maximum atomic E-state index is 12.8. The van der Waals surface area contributed by atoms with Crippen molar-refractivity contribution in [3.8, 4) is 0 Å². The molecule has 3 N–H and O–H groups in total. The van der Waals surface area contributed by atoms with Crippen LogP contribution in [-0.4, -0.2) is 28.5 Å². The van der Waals surface area contributed by atoms with Crippen LogP contribution < -0.4 is 16.2 Å². The van der Waals surface area contributed by atoms with Crippen LogP contribution in [0.5, 0.6) is 0 Å². The van der Waals surface area contributed by atoms with E-state index in [0.29, 0.717) is 35.1 Å². The van der Waals surface area contributed by atoms with Gasteiger partial charge in [-0.15, -0.1) is 0 Å². The lowest BCUT2D eigenvalue weighted by Crippen LogP contribution is -3.13. The van der Waals surface area contributed by atoms with Gasteiger partial charge in [-0.05, 0) is 18.6 Å². The Morgan fingerprint density at radius 2 is 1.96 bits per heavy atom. The number of fused-ring (bicyclic) bond motifs is 1. The number of nitrogens with one attached hydrogen (secondary N) is 1. The number of carbonyl (C=O) groups is 1. The lowest BCUT2D eigenvalue weighted by atomic mass is 9.92. The van der Waals surface area contributed by atoms with E-state index in [-0.39, 0.29) is 12.1 Å². The van der Waals surface area contributed by atoms with Gasteiger partial charge in [-0.25, -0.2) is 4.98 Å². The molecule has 24 heavy (non-hydrogen) atoms. The third-order valence-electron chi connectivity index (χ3n) is 4.74. The fourth-order valence-corrected chi connectivity index (χ4v) is 3.96. The Morgan fingerprint density at radius 3 is 2.62 bits per heavy atom. The molecule has 128 valence electrons. The molecule has 3 atom stereocenters. The van der Waals surface area contributed by atoms with E-state index in [9.17, 15) is 9.59 Å². The molecule has 0 aliphatic carbocycles. The van der Waals surface area contributed by atoms with Crippen LogP contribution in [0.4, 0.5) is 0 Å². The lowest BCUT2D eigenvalue weighted by Gasteiger charge is -2.32. The molecule has 1 unspecified atom stereocenters. The van der Waals surface area contributed by atoms with Crippen molar-refractivity contribution in [1.29, 1.82) is 0 Å². The Morgan fingerprint density at radius 1 is 1.29 bits per heavy atom. The number of piperidine rings is 1. The minimum Gasteiger partial charge on any atom is -0.368 e. The molecule has 1 aliphatic heterocycles. The quantitative estimate of drug-likeness (QED) is 0.825. The Balaban J connectivity index is 2.01. The zero-order chi connectivity index (χ0) is 17.3. The number of carbonyl (C=O) groups excluding carboxylic acids is 1. The van der Waals surface area contributed by atoms with E-state index < -0.39 is 5.91 Å². The Labute approximate surface area is 141 Å². The van der Waals surface area contributed by atoms with Gasteiger partial charge in [-0.3, -0.25) is 14.2 Å². The van der Waals surface area contributed by atoms with Crippen molar-refractivity contribution in [2.75, 3.05) is 13.1 Å². The first-order valence-corrected chi connectivity index (χ1v) is 8.54. The molecule has 6 nitrogen and oxygen atoms in total. The van der Waals surface area contributed by atoms with Crippen molar-refractivity contribution in [2.45, 2.75) is 33.4 Å². The summed E-state index contributed by atoms with van der Waals surface area (Å²) >= 11 is 0. The fraction of sp³-hybridized carbons (Fsp3) is 0.500. The van der Waals surface area contributed by atoms with Gasteiger partial charge >= 0.3 is 0 Å². The summed E-state index contributed by atoms with van der Waals surface area (Å²) in [6, 6.07) is 7.25. The van der Waals surface area contributed by atoms with Crippen LogP contribution >= 0.6 is 0 Å². The maximum Gasteiger partial charge on any atom is 0.262 e. The third-order valence-corrected chi connectivity index (χ3v) is 4.74. The van der Waals surface area contributed by atoms with E-state index in [1.54, 1.807) is 12.1 Å².